The zero-order chi connectivity index (χ0) is 22.4. The van der Waals surface area contributed by atoms with Gasteiger partial charge in [-0.2, -0.15) is 0 Å². The van der Waals surface area contributed by atoms with E-state index in [-0.39, 0.29) is 17.3 Å². The molecule has 3 amide bonds. The molecular weight excluding hydrogens is 414 g/mol. The van der Waals surface area contributed by atoms with Gasteiger partial charge in [0.15, 0.2) is 0 Å². The molecule has 0 atom stereocenters. The number of carbonyl (C=O) groups excluding carboxylic acids is 2. The summed E-state index contributed by atoms with van der Waals surface area (Å²) < 4.78 is 27.5. The molecular formula is C23H27N3O4S. The van der Waals surface area contributed by atoms with Gasteiger partial charge in [-0.25, -0.2) is 17.5 Å². The number of sulfonamides is 1. The molecule has 1 saturated heterocycles. The van der Waals surface area contributed by atoms with Gasteiger partial charge in [-0.15, -0.1) is 0 Å². The van der Waals surface area contributed by atoms with Crippen LogP contribution >= 0.6 is 0 Å². The monoisotopic (exact) mass is 441 g/mol. The molecule has 0 saturated carbocycles. The molecule has 1 aliphatic heterocycles. The SMILES string of the molecule is CC(=O)N1CCN(C(=O)N(C/C=C/c2ccccc2)S(=O)(=O)c2ccc(C)cc2)CC1. The van der Waals surface area contributed by atoms with Gasteiger partial charge in [-0.1, -0.05) is 60.2 Å². The summed E-state index contributed by atoms with van der Waals surface area (Å²) >= 11 is 0. The lowest BCUT2D eigenvalue weighted by Crippen LogP contribution is -2.54. The molecule has 1 aliphatic rings. The predicted molar refractivity (Wildman–Crippen MR) is 120 cm³/mol. The molecule has 3 rings (SSSR count). The van der Waals surface area contributed by atoms with Crippen molar-refractivity contribution >= 4 is 28.0 Å². The first-order chi connectivity index (χ1) is 14.8. The van der Waals surface area contributed by atoms with Crippen molar-refractivity contribution in [3.05, 3.63) is 71.8 Å². The summed E-state index contributed by atoms with van der Waals surface area (Å²) in [6, 6.07) is 15.3. The maximum absolute atomic E-state index is 13.3. The molecule has 2 aromatic rings. The number of urea groups is 1. The predicted octanol–water partition coefficient (Wildman–Crippen LogP) is 2.98. The summed E-state index contributed by atoms with van der Waals surface area (Å²) in [5.41, 5.74) is 1.85. The zero-order valence-corrected chi connectivity index (χ0v) is 18.6. The summed E-state index contributed by atoms with van der Waals surface area (Å²) in [6.07, 6.45) is 3.46. The van der Waals surface area contributed by atoms with Gasteiger partial charge >= 0.3 is 6.03 Å². The number of hydrogen-bond donors (Lipinski definition) is 0. The lowest BCUT2D eigenvalue weighted by Gasteiger charge is -2.36. The first kappa shape index (κ1) is 22.6. The van der Waals surface area contributed by atoms with E-state index in [0.29, 0.717) is 26.2 Å². The molecule has 7 nitrogen and oxygen atoms in total. The first-order valence-electron chi connectivity index (χ1n) is 10.1. The minimum absolute atomic E-state index is 0.0537. The third kappa shape index (κ3) is 5.52. The Kier molecular flexibility index (Phi) is 7.12. The quantitative estimate of drug-likeness (QED) is 0.715. The molecule has 1 fully saturated rings. The second kappa shape index (κ2) is 9.78. The highest BCUT2D eigenvalue weighted by Crippen LogP contribution is 2.19. The van der Waals surface area contributed by atoms with Crippen molar-refractivity contribution in [3.8, 4) is 0 Å². The highest BCUT2D eigenvalue weighted by atomic mass is 32.2. The standard InChI is InChI=1S/C23H27N3O4S/c1-19-10-12-22(13-11-19)31(29,30)26(14-6-9-21-7-4-3-5-8-21)23(28)25-17-15-24(16-18-25)20(2)27/h3-13H,14-18H2,1-2H3/b9-6+. The van der Waals surface area contributed by atoms with Crippen LogP contribution in [0.15, 0.2) is 65.6 Å². The van der Waals surface area contributed by atoms with E-state index in [1.807, 2.05) is 37.3 Å². The number of rotatable bonds is 5. The number of aryl methyl sites for hydroxylation is 1. The molecule has 0 aromatic heterocycles. The lowest BCUT2D eigenvalue weighted by molar-refractivity contribution is -0.130. The van der Waals surface area contributed by atoms with Crippen LogP contribution in [0.3, 0.4) is 0 Å². The van der Waals surface area contributed by atoms with Gasteiger partial charge in [-0.05, 0) is 24.6 Å². The van der Waals surface area contributed by atoms with Crippen molar-refractivity contribution in [1.29, 1.82) is 0 Å². The van der Waals surface area contributed by atoms with Crippen LogP contribution in [-0.2, 0) is 14.8 Å². The van der Waals surface area contributed by atoms with E-state index in [1.54, 1.807) is 29.2 Å². The molecule has 2 aromatic carbocycles. The maximum Gasteiger partial charge on any atom is 0.334 e. The fourth-order valence-corrected chi connectivity index (χ4v) is 4.67. The fourth-order valence-electron chi connectivity index (χ4n) is 3.34. The maximum atomic E-state index is 13.3. The molecule has 0 spiro atoms. The van der Waals surface area contributed by atoms with Crippen LogP contribution in [-0.4, -0.2) is 67.2 Å². The van der Waals surface area contributed by atoms with E-state index in [4.69, 9.17) is 0 Å². The van der Waals surface area contributed by atoms with Gasteiger partial charge in [0.25, 0.3) is 10.0 Å². The summed E-state index contributed by atoms with van der Waals surface area (Å²) in [4.78, 5) is 28.0. The topological polar surface area (TPSA) is 78.0 Å². The van der Waals surface area contributed by atoms with Gasteiger partial charge in [0.2, 0.25) is 5.91 Å². The van der Waals surface area contributed by atoms with E-state index in [9.17, 15) is 18.0 Å². The summed E-state index contributed by atoms with van der Waals surface area (Å²) in [5, 5.41) is 0. The molecule has 0 N–H and O–H groups in total. The number of carbonyl (C=O) groups is 2. The third-order valence-electron chi connectivity index (χ3n) is 5.20. The normalized spacial score (nSPS) is 14.6. The van der Waals surface area contributed by atoms with Gasteiger partial charge in [0, 0.05) is 33.1 Å². The Bertz CT molecular complexity index is 1040. The Morgan fingerprint density at radius 1 is 0.935 bits per heavy atom. The van der Waals surface area contributed by atoms with E-state index in [2.05, 4.69) is 0 Å². The Morgan fingerprint density at radius 2 is 1.52 bits per heavy atom. The summed E-state index contributed by atoms with van der Waals surface area (Å²) in [7, 11) is -4.04. The van der Waals surface area contributed by atoms with E-state index >= 15 is 0 Å². The molecule has 1 heterocycles. The molecule has 0 radical (unpaired) electrons. The number of nitrogens with zero attached hydrogens (tertiary/aromatic N) is 3. The second-order valence-corrected chi connectivity index (χ2v) is 9.30. The van der Waals surface area contributed by atoms with Crippen molar-refractivity contribution in [2.24, 2.45) is 0 Å². The average molecular weight is 442 g/mol. The Hall–Kier alpha value is -3.13. The Balaban J connectivity index is 1.84. The minimum atomic E-state index is -4.04. The number of piperazine rings is 1. The first-order valence-corrected chi connectivity index (χ1v) is 11.6. The number of amides is 3. The molecule has 8 heteroatoms. The van der Waals surface area contributed by atoms with Crippen LogP contribution in [0.25, 0.3) is 6.08 Å². The molecule has 0 aliphatic carbocycles. The number of benzene rings is 2. The van der Waals surface area contributed by atoms with Gasteiger partial charge in [-0.3, -0.25) is 4.79 Å². The summed E-state index contributed by atoms with van der Waals surface area (Å²) in [6.45, 7) is 4.63. The van der Waals surface area contributed by atoms with Crippen LogP contribution in [0.5, 0.6) is 0 Å². The van der Waals surface area contributed by atoms with Crippen LogP contribution in [0.2, 0.25) is 0 Å². The Morgan fingerprint density at radius 3 is 2.10 bits per heavy atom. The fraction of sp³-hybridized carbons (Fsp3) is 0.304. The van der Waals surface area contributed by atoms with Crippen LogP contribution in [0.1, 0.15) is 18.1 Å². The van der Waals surface area contributed by atoms with Crippen molar-refractivity contribution < 1.29 is 18.0 Å². The van der Waals surface area contributed by atoms with Crippen LogP contribution < -0.4 is 0 Å². The third-order valence-corrected chi connectivity index (χ3v) is 6.95. The molecule has 0 unspecified atom stereocenters. The van der Waals surface area contributed by atoms with Crippen LogP contribution in [0, 0.1) is 6.92 Å². The molecule has 31 heavy (non-hydrogen) atoms. The minimum Gasteiger partial charge on any atom is -0.339 e. The van der Waals surface area contributed by atoms with E-state index < -0.39 is 16.1 Å². The van der Waals surface area contributed by atoms with Gasteiger partial charge in [0.05, 0.1) is 11.4 Å². The van der Waals surface area contributed by atoms with E-state index in [1.165, 1.54) is 24.0 Å². The van der Waals surface area contributed by atoms with Crippen molar-refractivity contribution in [1.82, 2.24) is 14.1 Å². The lowest BCUT2D eigenvalue weighted by atomic mass is 10.2. The zero-order valence-electron chi connectivity index (χ0n) is 17.8. The van der Waals surface area contributed by atoms with Crippen molar-refractivity contribution in [2.75, 3.05) is 32.7 Å². The van der Waals surface area contributed by atoms with Crippen molar-refractivity contribution in [3.63, 3.8) is 0 Å². The Labute approximate surface area is 183 Å². The molecule has 164 valence electrons. The van der Waals surface area contributed by atoms with Crippen molar-refractivity contribution in [2.45, 2.75) is 18.7 Å². The summed E-state index contributed by atoms with van der Waals surface area (Å²) in [5.74, 6) is -0.0537. The number of hydrogen-bond acceptors (Lipinski definition) is 4. The highest BCUT2D eigenvalue weighted by Gasteiger charge is 2.33. The molecule has 0 bridgehead atoms. The highest BCUT2D eigenvalue weighted by molar-refractivity contribution is 7.89. The average Bonchev–Trinajstić information content (AvgIpc) is 2.77. The smallest absolute Gasteiger partial charge is 0.334 e. The van der Waals surface area contributed by atoms with Gasteiger partial charge in [0.1, 0.15) is 0 Å². The van der Waals surface area contributed by atoms with Gasteiger partial charge < -0.3 is 9.80 Å². The second-order valence-electron chi connectivity index (χ2n) is 7.44. The van der Waals surface area contributed by atoms with Crippen LogP contribution in [0.4, 0.5) is 4.79 Å². The largest absolute Gasteiger partial charge is 0.339 e. The van der Waals surface area contributed by atoms with E-state index in [0.717, 1.165) is 15.4 Å².